The van der Waals surface area contributed by atoms with E-state index < -0.39 is 10.2 Å². The lowest BCUT2D eigenvalue weighted by atomic mass is 9.96. The minimum atomic E-state index is -3.41. The van der Waals surface area contributed by atoms with Gasteiger partial charge in [-0.3, -0.25) is 9.69 Å². The fourth-order valence-corrected chi connectivity index (χ4v) is 5.96. The lowest BCUT2D eigenvalue weighted by Gasteiger charge is -2.39. The van der Waals surface area contributed by atoms with E-state index in [0.717, 1.165) is 25.7 Å². The van der Waals surface area contributed by atoms with Gasteiger partial charge in [0.05, 0.1) is 6.54 Å². The molecule has 1 aliphatic carbocycles. The number of hydrogen-bond acceptors (Lipinski definition) is 4. The molecule has 0 spiro atoms. The quantitative estimate of drug-likeness (QED) is 0.651. The predicted octanol–water partition coefficient (Wildman–Crippen LogP) is 1.76. The van der Waals surface area contributed by atoms with Crippen molar-refractivity contribution in [3.8, 4) is 0 Å². The van der Waals surface area contributed by atoms with Crippen molar-refractivity contribution in [2.75, 3.05) is 39.8 Å². The Kier molecular flexibility index (Phi) is 8.09. The van der Waals surface area contributed by atoms with Crippen LogP contribution in [0.2, 0.25) is 0 Å². The van der Waals surface area contributed by atoms with Crippen LogP contribution in [0.15, 0.2) is 0 Å². The van der Waals surface area contributed by atoms with Gasteiger partial charge in [-0.15, -0.1) is 0 Å². The molecule has 0 radical (unpaired) electrons. The maximum Gasteiger partial charge on any atom is 0.282 e. The maximum atomic E-state index is 13.0. The highest BCUT2D eigenvalue weighted by Crippen LogP contribution is 2.25. The molecule has 0 aromatic rings. The third kappa shape index (κ3) is 5.65. The predicted molar refractivity (Wildman–Crippen MR) is 109 cm³/mol. The third-order valence-electron chi connectivity index (χ3n) is 5.87. The monoisotopic (exact) mass is 402 g/mol. The average Bonchev–Trinajstić information content (AvgIpc) is 2.61. The molecule has 2 aliphatic rings. The minimum Gasteiger partial charge on any atom is -0.337 e. The molecule has 1 aliphatic heterocycles. The molecule has 1 amide bonds. The standard InChI is InChI=1S/C19H38N4O3S/c1-16(2)23(17(3)4)19(24)15-21-11-13-22(14-12-21)27(25,26)20(5)18-9-7-6-8-10-18/h16-18H,6-15H2,1-5H3. The summed E-state index contributed by atoms with van der Waals surface area (Å²) in [6.07, 6.45) is 5.36. The van der Waals surface area contributed by atoms with E-state index in [4.69, 9.17) is 0 Å². The fraction of sp³-hybridized carbons (Fsp3) is 0.947. The van der Waals surface area contributed by atoms with Crippen LogP contribution >= 0.6 is 0 Å². The second kappa shape index (κ2) is 9.67. The van der Waals surface area contributed by atoms with E-state index in [0.29, 0.717) is 32.7 Å². The molecule has 1 saturated heterocycles. The summed E-state index contributed by atoms with van der Waals surface area (Å²) in [6, 6.07) is 0.473. The maximum absolute atomic E-state index is 13.0. The van der Waals surface area contributed by atoms with Crippen molar-refractivity contribution in [1.29, 1.82) is 0 Å². The van der Waals surface area contributed by atoms with Gasteiger partial charge in [0.1, 0.15) is 0 Å². The summed E-state index contributed by atoms with van der Waals surface area (Å²) >= 11 is 0. The molecule has 0 aromatic heterocycles. The first-order chi connectivity index (χ1) is 12.6. The Balaban J connectivity index is 1.89. The normalized spacial score (nSPS) is 21.3. The molecule has 8 heteroatoms. The van der Waals surface area contributed by atoms with Crippen LogP contribution in [-0.2, 0) is 15.0 Å². The van der Waals surface area contributed by atoms with Crippen molar-refractivity contribution in [3.63, 3.8) is 0 Å². The number of carbonyl (C=O) groups is 1. The SMILES string of the molecule is CC(C)N(C(=O)CN1CCN(S(=O)(=O)N(C)C2CCCCC2)CC1)C(C)C. The summed E-state index contributed by atoms with van der Waals surface area (Å²) in [7, 11) is -1.69. The van der Waals surface area contributed by atoms with Gasteiger partial charge in [-0.05, 0) is 40.5 Å². The van der Waals surface area contributed by atoms with E-state index in [9.17, 15) is 13.2 Å². The molecule has 0 bridgehead atoms. The summed E-state index contributed by atoms with van der Waals surface area (Å²) in [5, 5.41) is 0. The number of hydrogen-bond donors (Lipinski definition) is 0. The highest BCUT2D eigenvalue weighted by atomic mass is 32.2. The first kappa shape index (κ1) is 22.6. The van der Waals surface area contributed by atoms with Crippen molar-refractivity contribution in [2.45, 2.75) is 77.9 Å². The number of nitrogens with zero attached hydrogens (tertiary/aromatic N) is 4. The molecular weight excluding hydrogens is 364 g/mol. The molecular formula is C19H38N4O3S. The zero-order chi connectivity index (χ0) is 20.2. The van der Waals surface area contributed by atoms with Crippen molar-refractivity contribution < 1.29 is 13.2 Å². The average molecular weight is 403 g/mol. The van der Waals surface area contributed by atoms with E-state index >= 15 is 0 Å². The molecule has 0 aromatic carbocycles. The van der Waals surface area contributed by atoms with Crippen molar-refractivity contribution >= 4 is 16.1 Å². The Labute approximate surface area is 165 Å². The first-order valence-corrected chi connectivity index (χ1v) is 11.8. The molecule has 27 heavy (non-hydrogen) atoms. The lowest BCUT2D eigenvalue weighted by molar-refractivity contribution is -0.136. The van der Waals surface area contributed by atoms with Gasteiger partial charge < -0.3 is 4.90 Å². The van der Waals surface area contributed by atoms with E-state index in [1.165, 1.54) is 6.42 Å². The second-order valence-corrected chi connectivity index (χ2v) is 10.5. The van der Waals surface area contributed by atoms with Crippen LogP contribution < -0.4 is 0 Å². The molecule has 7 nitrogen and oxygen atoms in total. The Morgan fingerprint density at radius 2 is 1.48 bits per heavy atom. The van der Waals surface area contributed by atoms with Crippen LogP contribution in [-0.4, -0.2) is 90.6 Å². The van der Waals surface area contributed by atoms with Crippen molar-refractivity contribution in [3.05, 3.63) is 0 Å². The van der Waals surface area contributed by atoms with Gasteiger partial charge in [0.2, 0.25) is 5.91 Å². The number of carbonyl (C=O) groups excluding carboxylic acids is 1. The van der Waals surface area contributed by atoms with Crippen molar-refractivity contribution in [1.82, 2.24) is 18.4 Å². The summed E-state index contributed by atoms with van der Waals surface area (Å²) in [5.74, 6) is 0.121. The van der Waals surface area contributed by atoms with Crippen LogP contribution in [0.4, 0.5) is 0 Å². The molecule has 158 valence electrons. The van der Waals surface area contributed by atoms with E-state index in [1.54, 1.807) is 15.7 Å². The Hall–Kier alpha value is -0.700. The van der Waals surface area contributed by atoms with Crippen molar-refractivity contribution in [2.24, 2.45) is 0 Å². The van der Waals surface area contributed by atoms with Crippen LogP contribution in [0.5, 0.6) is 0 Å². The van der Waals surface area contributed by atoms with Crippen LogP contribution in [0.1, 0.15) is 59.8 Å². The highest BCUT2D eigenvalue weighted by Gasteiger charge is 2.35. The molecule has 1 saturated carbocycles. The highest BCUT2D eigenvalue weighted by molar-refractivity contribution is 7.86. The topological polar surface area (TPSA) is 64.2 Å². The largest absolute Gasteiger partial charge is 0.337 e. The zero-order valence-corrected chi connectivity index (χ0v) is 18.5. The molecule has 2 fully saturated rings. The van der Waals surface area contributed by atoms with Gasteiger partial charge in [-0.2, -0.15) is 17.0 Å². The third-order valence-corrected chi connectivity index (χ3v) is 7.91. The number of amides is 1. The molecule has 0 atom stereocenters. The van der Waals surface area contributed by atoms with Crippen LogP contribution in [0, 0.1) is 0 Å². The first-order valence-electron chi connectivity index (χ1n) is 10.4. The van der Waals surface area contributed by atoms with Gasteiger partial charge in [-0.1, -0.05) is 19.3 Å². The fourth-order valence-electron chi connectivity index (χ4n) is 4.38. The summed E-state index contributed by atoms with van der Waals surface area (Å²) in [4.78, 5) is 16.6. The van der Waals surface area contributed by atoms with Crippen LogP contribution in [0.3, 0.4) is 0 Å². The van der Waals surface area contributed by atoms with Gasteiger partial charge in [0.15, 0.2) is 0 Å². The molecule has 0 N–H and O–H groups in total. The second-order valence-electron chi connectivity index (χ2n) is 8.48. The zero-order valence-electron chi connectivity index (χ0n) is 17.7. The van der Waals surface area contributed by atoms with E-state index in [2.05, 4.69) is 4.90 Å². The smallest absolute Gasteiger partial charge is 0.282 e. The molecule has 1 heterocycles. The Morgan fingerprint density at radius 3 is 1.96 bits per heavy atom. The number of piperazine rings is 1. The minimum absolute atomic E-state index is 0.121. The van der Waals surface area contributed by atoms with Gasteiger partial charge in [0.25, 0.3) is 10.2 Å². The molecule has 2 rings (SSSR count). The Morgan fingerprint density at radius 1 is 0.963 bits per heavy atom. The van der Waals surface area contributed by atoms with E-state index in [-0.39, 0.29) is 24.0 Å². The summed E-state index contributed by atoms with van der Waals surface area (Å²) in [5.41, 5.74) is 0. The lowest BCUT2D eigenvalue weighted by Crippen LogP contribution is -2.56. The summed E-state index contributed by atoms with van der Waals surface area (Å²) < 4.78 is 29.1. The summed E-state index contributed by atoms with van der Waals surface area (Å²) in [6.45, 7) is 10.6. The number of rotatable bonds is 7. The van der Waals surface area contributed by atoms with Crippen LogP contribution in [0.25, 0.3) is 0 Å². The Bertz CT molecular complexity index is 572. The van der Waals surface area contributed by atoms with Gasteiger partial charge >= 0.3 is 0 Å². The van der Waals surface area contributed by atoms with Gasteiger partial charge in [0, 0.05) is 51.4 Å². The molecule has 0 unspecified atom stereocenters. The van der Waals surface area contributed by atoms with Gasteiger partial charge in [-0.25, -0.2) is 0 Å². The van der Waals surface area contributed by atoms with E-state index in [1.807, 2.05) is 32.6 Å².